The molecule has 0 heterocycles. The van der Waals surface area contributed by atoms with Gasteiger partial charge in [0.25, 0.3) is 5.91 Å². The van der Waals surface area contributed by atoms with E-state index in [1.165, 1.54) is 7.11 Å². The quantitative estimate of drug-likeness (QED) is 0.900. The lowest BCUT2D eigenvalue weighted by Crippen LogP contribution is -2.26. The van der Waals surface area contributed by atoms with Crippen LogP contribution in [-0.4, -0.2) is 13.0 Å². The highest BCUT2D eigenvalue weighted by Gasteiger charge is 2.15. The van der Waals surface area contributed by atoms with E-state index in [-0.39, 0.29) is 11.9 Å². The van der Waals surface area contributed by atoms with Crippen molar-refractivity contribution in [3.8, 4) is 5.75 Å². The Hall–Kier alpha value is -1.71. The maximum Gasteiger partial charge on any atom is 0.251 e. The lowest BCUT2D eigenvalue weighted by atomic mass is 10.1. The first kappa shape index (κ1) is 15.7. The topological polar surface area (TPSA) is 38.3 Å². The van der Waals surface area contributed by atoms with Crippen LogP contribution < -0.4 is 10.1 Å². The van der Waals surface area contributed by atoms with Crippen LogP contribution in [0.4, 0.5) is 0 Å². The van der Waals surface area contributed by atoms with Crippen molar-refractivity contribution in [1.82, 2.24) is 5.32 Å². The van der Waals surface area contributed by atoms with Crippen molar-refractivity contribution in [3.05, 3.63) is 63.6 Å². The third kappa shape index (κ3) is 3.69. The van der Waals surface area contributed by atoms with E-state index >= 15 is 0 Å². The number of methoxy groups -OCH3 is 1. The molecule has 2 aromatic rings. The monoisotopic (exact) mass is 323 g/mol. The number of amides is 1. The zero-order chi connectivity index (χ0) is 15.4. The van der Waals surface area contributed by atoms with E-state index in [9.17, 15) is 4.79 Å². The van der Waals surface area contributed by atoms with Gasteiger partial charge in [0.1, 0.15) is 0 Å². The van der Waals surface area contributed by atoms with Crippen molar-refractivity contribution in [1.29, 1.82) is 0 Å². The summed E-state index contributed by atoms with van der Waals surface area (Å²) in [6.07, 6.45) is 0. The van der Waals surface area contributed by atoms with Gasteiger partial charge >= 0.3 is 0 Å². The van der Waals surface area contributed by atoms with Crippen LogP contribution in [0.15, 0.2) is 42.5 Å². The van der Waals surface area contributed by atoms with Crippen LogP contribution in [0.25, 0.3) is 0 Å². The molecular formula is C16H15Cl2NO2. The fourth-order valence-corrected chi connectivity index (χ4v) is 2.63. The Balaban J connectivity index is 2.18. The van der Waals surface area contributed by atoms with Gasteiger partial charge < -0.3 is 10.1 Å². The number of benzene rings is 2. The predicted octanol–water partition coefficient (Wildman–Crippen LogP) is 4.49. The summed E-state index contributed by atoms with van der Waals surface area (Å²) in [5.74, 6) is 0.129. The molecule has 0 fully saturated rings. The smallest absolute Gasteiger partial charge is 0.251 e. The second-order valence-electron chi connectivity index (χ2n) is 4.58. The van der Waals surface area contributed by atoms with Gasteiger partial charge in [-0.05, 0) is 24.6 Å². The number of hydrogen-bond donors (Lipinski definition) is 1. The van der Waals surface area contributed by atoms with E-state index in [1.807, 2.05) is 37.3 Å². The fraction of sp³-hybridized carbons (Fsp3) is 0.188. The summed E-state index contributed by atoms with van der Waals surface area (Å²) in [5.41, 5.74) is 1.42. The van der Waals surface area contributed by atoms with Gasteiger partial charge in [-0.2, -0.15) is 0 Å². The molecule has 0 aromatic heterocycles. The first-order valence-electron chi connectivity index (χ1n) is 6.41. The van der Waals surface area contributed by atoms with Crippen LogP contribution in [-0.2, 0) is 0 Å². The average Bonchev–Trinajstić information content (AvgIpc) is 2.47. The highest BCUT2D eigenvalue weighted by Crippen LogP contribution is 2.33. The maximum absolute atomic E-state index is 12.3. The summed E-state index contributed by atoms with van der Waals surface area (Å²) in [7, 11) is 1.48. The van der Waals surface area contributed by atoms with Crippen LogP contribution >= 0.6 is 23.2 Å². The van der Waals surface area contributed by atoms with Crippen LogP contribution in [0, 0.1) is 0 Å². The Morgan fingerprint density at radius 1 is 1.14 bits per heavy atom. The van der Waals surface area contributed by atoms with Gasteiger partial charge in [-0.1, -0.05) is 53.5 Å². The summed E-state index contributed by atoms with van der Waals surface area (Å²) in [6.45, 7) is 1.92. The summed E-state index contributed by atoms with van der Waals surface area (Å²) >= 11 is 12.1. The van der Waals surface area contributed by atoms with Crippen molar-refractivity contribution in [2.45, 2.75) is 13.0 Å². The van der Waals surface area contributed by atoms with Crippen molar-refractivity contribution >= 4 is 29.1 Å². The minimum atomic E-state index is -0.238. The highest BCUT2D eigenvalue weighted by atomic mass is 35.5. The third-order valence-corrected chi connectivity index (χ3v) is 3.67. The predicted molar refractivity (Wildman–Crippen MR) is 85.3 cm³/mol. The zero-order valence-corrected chi connectivity index (χ0v) is 13.2. The molecule has 2 aromatic carbocycles. The normalized spacial score (nSPS) is 11.8. The van der Waals surface area contributed by atoms with Crippen LogP contribution in [0.2, 0.25) is 10.0 Å². The molecule has 5 heteroatoms. The van der Waals surface area contributed by atoms with Gasteiger partial charge in [-0.15, -0.1) is 0 Å². The van der Waals surface area contributed by atoms with Crippen LogP contribution in [0.3, 0.4) is 0 Å². The summed E-state index contributed by atoms with van der Waals surface area (Å²) in [4.78, 5) is 12.3. The molecule has 0 aliphatic carbocycles. The molecule has 0 unspecified atom stereocenters. The lowest BCUT2D eigenvalue weighted by molar-refractivity contribution is 0.0940. The second kappa shape index (κ2) is 6.83. The molecular weight excluding hydrogens is 309 g/mol. The van der Waals surface area contributed by atoms with E-state index in [2.05, 4.69) is 5.32 Å². The van der Waals surface area contributed by atoms with Crippen molar-refractivity contribution in [3.63, 3.8) is 0 Å². The SMILES string of the molecule is COc1c(Cl)cc(C(=O)N[C@@H](C)c2ccccc2)cc1Cl. The number of ether oxygens (including phenoxy) is 1. The Morgan fingerprint density at radius 2 is 1.71 bits per heavy atom. The lowest BCUT2D eigenvalue weighted by Gasteiger charge is -2.15. The molecule has 0 spiro atoms. The van der Waals surface area contributed by atoms with E-state index in [4.69, 9.17) is 27.9 Å². The largest absolute Gasteiger partial charge is 0.494 e. The van der Waals surface area contributed by atoms with E-state index in [0.717, 1.165) is 5.56 Å². The first-order chi connectivity index (χ1) is 10.0. The number of hydrogen-bond acceptors (Lipinski definition) is 2. The summed E-state index contributed by atoms with van der Waals surface area (Å²) in [6, 6.07) is 12.7. The molecule has 0 saturated heterocycles. The Morgan fingerprint density at radius 3 is 2.24 bits per heavy atom. The van der Waals surface area contributed by atoms with E-state index < -0.39 is 0 Å². The van der Waals surface area contributed by atoms with Crippen LogP contribution in [0.5, 0.6) is 5.75 Å². The third-order valence-electron chi connectivity index (χ3n) is 3.11. The molecule has 0 saturated carbocycles. The van der Waals surface area contributed by atoms with Crippen LogP contribution in [0.1, 0.15) is 28.9 Å². The number of carbonyl (C=O) groups excluding carboxylic acids is 1. The Bertz CT molecular complexity index is 621. The second-order valence-corrected chi connectivity index (χ2v) is 5.39. The average molecular weight is 324 g/mol. The van der Waals surface area contributed by atoms with Gasteiger partial charge in [0.2, 0.25) is 0 Å². The molecule has 0 aliphatic rings. The Kier molecular flexibility index (Phi) is 5.10. The number of rotatable bonds is 4. The van der Waals surface area contributed by atoms with Gasteiger partial charge in [-0.3, -0.25) is 4.79 Å². The molecule has 0 radical (unpaired) electrons. The molecule has 1 N–H and O–H groups in total. The minimum Gasteiger partial charge on any atom is -0.494 e. The molecule has 110 valence electrons. The number of nitrogens with one attached hydrogen (secondary N) is 1. The van der Waals surface area contributed by atoms with E-state index in [0.29, 0.717) is 21.4 Å². The van der Waals surface area contributed by atoms with Gasteiger partial charge in [-0.25, -0.2) is 0 Å². The molecule has 3 nitrogen and oxygen atoms in total. The van der Waals surface area contributed by atoms with Gasteiger partial charge in [0, 0.05) is 5.56 Å². The molecule has 21 heavy (non-hydrogen) atoms. The molecule has 0 aliphatic heterocycles. The van der Waals surface area contributed by atoms with Crippen molar-refractivity contribution in [2.75, 3.05) is 7.11 Å². The molecule has 1 atom stereocenters. The maximum atomic E-state index is 12.3. The highest BCUT2D eigenvalue weighted by molar-refractivity contribution is 6.37. The Labute approximate surface area is 133 Å². The molecule has 2 rings (SSSR count). The van der Waals surface area contributed by atoms with Gasteiger partial charge in [0.05, 0.1) is 23.2 Å². The first-order valence-corrected chi connectivity index (χ1v) is 7.17. The van der Waals surface area contributed by atoms with Gasteiger partial charge in [0.15, 0.2) is 5.75 Å². The number of carbonyl (C=O) groups is 1. The summed E-state index contributed by atoms with van der Waals surface area (Å²) < 4.78 is 5.07. The zero-order valence-electron chi connectivity index (χ0n) is 11.7. The van der Waals surface area contributed by atoms with E-state index in [1.54, 1.807) is 12.1 Å². The fourth-order valence-electron chi connectivity index (χ4n) is 1.99. The van der Waals surface area contributed by atoms with Crippen molar-refractivity contribution in [2.24, 2.45) is 0 Å². The molecule has 0 bridgehead atoms. The number of halogens is 2. The molecule has 1 amide bonds. The summed E-state index contributed by atoms with van der Waals surface area (Å²) in [5, 5.41) is 3.52. The minimum absolute atomic E-state index is 0.113. The standard InChI is InChI=1S/C16H15Cl2NO2/c1-10(11-6-4-3-5-7-11)19-16(20)12-8-13(17)15(21-2)14(18)9-12/h3-10H,1-2H3,(H,19,20)/t10-/m0/s1. The van der Waals surface area contributed by atoms with Crippen molar-refractivity contribution < 1.29 is 9.53 Å².